The van der Waals surface area contributed by atoms with Crippen molar-refractivity contribution in [2.75, 3.05) is 31.3 Å². The smallest absolute Gasteiger partial charge is 0.407 e. The number of hydrogen-bond donors (Lipinski definition) is 2. The van der Waals surface area contributed by atoms with Crippen LogP contribution in [0.3, 0.4) is 0 Å². The molecule has 11 nitrogen and oxygen atoms in total. The fraction of sp³-hybridized carbons (Fsp3) is 0.500. The minimum Gasteiger partial charge on any atom is -0.485 e. The molecule has 3 rings (SSSR count). The zero-order valence-electron chi connectivity index (χ0n) is 18.2. The highest BCUT2D eigenvalue weighted by Crippen LogP contribution is 2.35. The fourth-order valence-electron chi connectivity index (χ4n) is 3.19. The first-order valence-corrected chi connectivity index (χ1v) is 12.1. The lowest BCUT2D eigenvalue weighted by Crippen LogP contribution is -2.41. The number of aromatic nitrogens is 3. The number of carbonyl (C=O) groups is 1. The average Bonchev–Trinajstić information content (AvgIpc) is 2.74. The summed E-state index contributed by atoms with van der Waals surface area (Å²) in [6, 6.07) is 3.04. The molecule has 0 spiro atoms. The molecular formula is C20H27N5O6S. The van der Waals surface area contributed by atoms with Crippen LogP contribution in [0, 0.1) is 6.92 Å². The first-order valence-electron chi connectivity index (χ1n) is 10.3. The second-order valence-electron chi connectivity index (χ2n) is 7.47. The highest BCUT2D eigenvalue weighted by atomic mass is 32.2. The van der Waals surface area contributed by atoms with Gasteiger partial charge >= 0.3 is 6.09 Å². The Labute approximate surface area is 186 Å². The van der Waals surface area contributed by atoms with Crippen LogP contribution in [0.1, 0.15) is 31.9 Å². The third-order valence-corrected chi connectivity index (χ3v) is 5.89. The van der Waals surface area contributed by atoms with E-state index >= 15 is 0 Å². The Morgan fingerprint density at radius 2 is 2.00 bits per heavy atom. The SMILES string of the molecule is CCCOc1c(Nc2ccc(S(C)(=O)=O)nc2C)ncnc1OC1CCN(C(=O)O)CC1. The van der Waals surface area contributed by atoms with Crippen molar-refractivity contribution >= 4 is 27.4 Å². The summed E-state index contributed by atoms with van der Waals surface area (Å²) in [7, 11) is -3.42. The fourth-order valence-corrected chi connectivity index (χ4v) is 3.81. The van der Waals surface area contributed by atoms with Crippen LogP contribution in [-0.4, -0.2) is 71.5 Å². The molecule has 32 heavy (non-hydrogen) atoms. The molecule has 0 aromatic carbocycles. The topological polar surface area (TPSA) is 144 Å². The van der Waals surface area contributed by atoms with Gasteiger partial charge in [-0.15, -0.1) is 0 Å². The second kappa shape index (κ2) is 9.98. The molecule has 1 aliphatic heterocycles. The van der Waals surface area contributed by atoms with Gasteiger partial charge in [-0.1, -0.05) is 6.92 Å². The van der Waals surface area contributed by atoms with Gasteiger partial charge in [0.2, 0.25) is 5.75 Å². The Bertz CT molecular complexity index is 1070. The molecule has 0 bridgehead atoms. The van der Waals surface area contributed by atoms with Crippen LogP contribution in [0.4, 0.5) is 16.3 Å². The van der Waals surface area contributed by atoms with E-state index in [0.717, 1.165) is 12.7 Å². The van der Waals surface area contributed by atoms with E-state index in [0.29, 0.717) is 55.5 Å². The van der Waals surface area contributed by atoms with Crippen LogP contribution >= 0.6 is 0 Å². The Balaban J connectivity index is 1.83. The lowest BCUT2D eigenvalue weighted by molar-refractivity contribution is 0.0845. The monoisotopic (exact) mass is 465 g/mol. The predicted molar refractivity (Wildman–Crippen MR) is 116 cm³/mol. The Morgan fingerprint density at radius 1 is 1.28 bits per heavy atom. The van der Waals surface area contributed by atoms with Gasteiger partial charge in [-0.2, -0.15) is 4.98 Å². The van der Waals surface area contributed by atoms with Gasteiger partial charge in [-0.05, 0) is 25.5 Å². The maximum atomic E-state index is 11.7. The lowest BCUT2D eigenvalue weighted by Gasteiger charge is -2.30. The number of aryl methyl sites for hydroxylation is 1. The number of sulfone groups is 1. The molecular weight excluding hydrogens is 438 g/mol. The molecule has 1 amide bonds. The van der Waals surface area contributed by atoms with Crippen molar-refractivity contribution in [3.8, 4) is 11.6 Å². The Hall–Kier alpha value is -3.15. The van der Waals surface area contributed by atoms with Crippen molar-refractivity contribution in [3.63, 3.8) is 0 Å². The molecule has 1 saturated heterocycles. The first-order chi connectivity index (χ1) is 15.2. The van der Waals surface area contributed by atoms with Crippen molar-refractivity contribution in [1.82, 2.24) is 19.9 Å². The van der Waals surface area contributed by atoms with E-state index < -0.39 is 15.9 Å². The van der Waals surface area contributed by atoms with E-state index in [9.17, 15) is 13.2 Å². The van der Waals surface area contributed by atoms with Crippen LogP contribution in [0.15, 0.2) is 23.5 Å². The quantitative estimate of drug-likeness (QED) is 0.597. The molecule has 1 aliphatic rings. The van der Waals surface area contributed by atoms with Crippen molar-refractivity contribution in [2.45, 2.75) is 44.2 Å². The predicted octanol–water partition coefficient (Wildman–Crippen LogP) is 2.64. The molecule has 3 heterocycles. The zero-order valence-corrected chi connectivity index (χ0v) is 19.1. The molecule has 0 saturated carbocycles. The second-order valence-corrected chi connectivity index (χ2v) is 9.43. The molecule has 0 aliphatic carbocycles. The number of piperidine rings is 1. The summed E-state index contributed by atoms with van der Waals surface area (Å²) in [4.78, 5) is 25.1. The Morgan fingerprint density at radius 3 is 2.59 bits per heavy atom. The summed E-state index contributed by atoms with van der Waals surface area (Å²) in [6.45, 7) is 4.85. The maximum Gasteiger partial charge on any atom is 0.407 e. The molecule has 174 valence electrons. The third-order valence-electron chi connectivity index (χ3n) is 4.91. The minimum atomic E-state index is -3.42. The summed E-state index contributed by atoms with van der Waals surface area (Å²) in [5.41, 5.74) is 1.05. The largest absolute Gasteiger partial charge is 0.485 e. The van der Waals surface area contributed by atoms with Gasteiger partial charge in [-0.25, -0.2) is 23.2 Å². The van der Waals surface area contributed by atoms with E-state index in [-0.39, 0.29) is 17.0 Å². The van der Waals surface area contributed by atoms with E-state index in [1.807, 2.05) is 6.92 Å². The summed E-state index contributed by atoms with van der Waals surface area (Å²) in [6.07, 6.45) is 3.16. The number of carboxylic acid groups (broad SMARTS) is 1. The number of likely N-dealkylation sites (tertiary alicyclic amines) is 1. The number of amides is 1. The molecule has 0 atom stereocenters. The molecule has 2 N–H and O–H groups in total. The van der Waals surface area contributed by atoms with E-state index in [4.69, 9.17) is 14.6 Å². The number of rotatable bonds is 8. The van der Waals surface area contributed by atoms with E-state index in [2.05, 4.69) is 20.3 Å². The highest BCUT2D eigenvalue weighted by molar-refractivity contribution is 7.90. The van der Waals surface area contributed by atoms with Gasteiger partial charge in [0.05, 0.1) is 18.0 Å². The third kappa shape index (κ3) is 5.75. The van der Waals surface area contributed by atoms with Crippen molar-refractivity contribution in [1.29, 1.82) is 0 Å². The van der Waals surface area contributed by atoms with Gasteiger partial charge in [0.15, 0.2) is 20.7 Å². The van der Waals surface area contributed by atoms with Crippen LogP contribution in [0.5, 0.6) is 11.6 Å². The van der Waals surface area contributed by atoms with Crippen molar-refractivity contribution in [2.24, 2.45) is 0 Å². The number of ether oxygens (including phenoxy) is 2. The summed E-state index contributed by atoms with van der Waals surface area (Å²) in [5, 5.41) is 12.2. The summed E-state index contributed by atoms with van der Waals surface area (Å²) in [5.74, 6) is 0.966. The van der Waals surface area contributed by atoms with E-state index in [1.54, 1.807) is 13.0 Å². The number of pyridine rings is 1. The average molecular weight is 466 g/mol. The number of hydrogen-bond acceptors (Lipinski definition) is 9. The standard InChI is InChI=1S/C20H27N5O6S/c1-4-11-30-17-18(24-15-5-6-16(23-13(15)2)32(3,28)29)21-12-22-19(17)31-14-7-9-25(10-8-14)20(26)27/h5-6,12,14H,4,7-11H2,1-3H3,(H,26,27)(H,21,22,24). The maximum absolute atomic E-state index is 11.7. The number of nitrogens with one attached hydrogen (secondary N) is 1. The van der Waals surface area contributed by atoms with Gasteiger partial charge < -0.3 is 24.8 Å². The molecule has 2 aromatic rings. The molecule has 0 radical (unpaired) electrons. The van der Waals surface area contributed by atoms with Crippen LogP contribution < -0.4 is 14.8 Å². The van der Waals surface area contributed by atoms with Gasteiger partial charge in [0.1, 0.15) is 12.4 Å². The van der Waals surface area contributed by atoms with Crippen LogP contribution in [0.2, 0.25) is 0 Å². The van der Waals surface area contributed by atoms with E-state index in [1.165, 1.54) is 17.3 Å². The van der Waals surface area contributed by atoms with Gasteiger partial charge in [-0.3, -0.25) is 0 Å². The number of nitrogens with zero attached hydrogens (tertiary/aromatic N) is 4. The van der Waals surface area contributed by atoms with Crippen LogP contribution in [-0.2, 0) is 9.84 Å². The molecule has 1 fully saturated rings. The first kappa shape index (κ1) is 23.5. The summed E-state index contributed by atoms with van der Waals surface area (Å²) < 4.78 is 35.4. The highest BCUT2D eigenvalue weighted by Gasteiger charge is 2.26. The van der Waals surface area contributed by atoms with Crippen LogP contribution in [0.25, 0.3) is 0 Å². The normalized spacial score (nSPS) is 14.8. The number of anilines is 2. The zero-order chi connectivity index (χ0) is 23.3. The lowest BCUT2D eigenvalue weighted by atomic mass is 10.1. The van der Waals surface area contributed by atoms with Gasteiger partial charge in [0.25, 0.3) is 5.88 Å². The minimum absolute atomic E-state index is 0.0116. The molecule has 0 unspecified atom stereocenters. The van der Waals surface area contributed by atoms with Crippen molar-refractivity contribution in [3.05, 3.63) is 24.2 Å². The van der Waals surface area contributed by atoms with Gasteiger partial charge in [0, 0.05) is 32.2 Å². The Kier molecular flexibility index (Phi) is 7.33. The summed E-state index contributed by atoms with van der Waals surface area (Å²) >= 11 is 0. The molecule has 12 heteroatoms. The molecule has 2 aromatic heterocycles. The van der Waals surface area contributed by atoms with Crippen molar-refractivity contribution < 1.29 is 27.8 Å².